The number of amides is 1. The van der Waals surface area contributed by atoms with Gasteiger partial charge in [0.2, 0.25) is 5.91 Å². The fourth-order valence-corrected chi connectivity index (χ4v) is 5.70. The average Bonchev–Trinajstić information content (AvgIpc) is 2.96. The summed E-state index contributed by atoms with van der Waals surface area (Å²) in [5.41, 5.74) is 3.72. The van der Waals surface area contributed by atoms with Gasteiger partial charge >= 0.3 is 0 Å². The Morgan fingerprint density at radius 3 is 2.10 bits per heavy atom. The molecule has 8 heteroatoms. The summed E-state index contributed by atoms with van der Waals surface area (Å²) in [5, 5.41) is 40.0. The van der Waals surface area contributed by atoms with Crippen LogP contribution in [0.25, 0.3) is 0 Å². The maximum Gasteiger partial charge on any atom is 0.233 e. The molecule has 2 saturated heterocycles. The monoisotopic (exact) mass is 535 g/mol. The molecule has 7 atom stereocenters. The number of hydrogen-bond donors (Lipinski definition) is 4. The van der Waals surface area contributed by atoms with E-state index in [1.54, 1.807) is 12.1 Å². The summed E-state index contributed by atoms with van der Waals surface area (Å²) in [4.78, 5) is 15.1. The number of carbonyl (C=O) groups is 1. The number of para-hydroxylation sites is 1. The largest absolute Gasteiger partial charge is 0.394 e. The molecular weight excluding hydrogens is 501 g/mol. The minimum Gasteiger partial charge on any atom is -0.394 e. The molecule has 0 aromatic heterocycles. The second-order valence-electron chi connectivity index (χ2n) is 10.4. The van der Waals surface area contributed by atoms with Crippen LogP contribution in [0.15, 0.2) is 78.9 Å². The van der Waals surface area contributed by atoms with E-state index in [2.05, 4.69) is 0 Å². The maximum atomic E-state index is 13.3. The lowest BCUT2D eigenvalue weighted by molar-refractivity contribution is -0.228. The van der Waals surface area contributed by atoms with Crippen LogP contribution >= 0.6 is 0 Å². The molecule has 5 rings (SSSR count). The van der Waals surface area contributed by atoms with Crippen molar-refractivity contribution in [2.75, 3.05) is 11.5 Å². The fraction of sp³-hybridized carbons (Fsp3) is 0.387. The van der Waals surface area contributed by atoms with E-state index in [0.29, 0.717) is 6.42 Å². The van der Waals surface area contributed by atoms with Crippen LogP contribution < -0.4 is 4.90 Å². The third-order valence-corrected chi connectivity index (χ3v) is 7.89. The number of halogens is 1. The molecule has 2 heterocycles. The number of carbonyl (C=O) groups excluding carboxylic acids is 1. The zero-order chi connectivity index (χ0) is 27.5. The average molecular weight is 536 g/mol. The standard InChI is InChI=1S/C31H34FNO6/c32-22-15-11-19(12-16-22)5-4-8-24-27(33(31(24)38)23-6-2-1-3-7-23)21-13-9-20(10-14-21)17-25-28(35)30(37)29(36)26(18-34)39-25/h1-3,6-7,9-16,24-30,34-37H,4-5,8,17-18H2/t24-,25-,26-,27-,28+,29-,30-/m1/s1. The molecule has 39 heavy (non-hydrogen) atoms. The summed E-state index contributed by atoms with van der Waals surface area (Å²) in [6.45, 7) is -0.464. The van der Waals surface area contributed by atoms with E-state index in [9.17, 15) is 29.6 Å². The van der Waals surface area contributed by atoms with Crippen molar-refractivity contribution in [3.8, 4) is 0 Å². The highest BCUT2D eigenvalue weighted by molar-refractivity contribution is 6.03. The van der Waals surface area contributed by atoms with E-state index in [0.717, 1.165) is 35.2 Å². The molecule has 1 amide bonds. The van der Waals surface area contributed by atoms with E-state index in [-0.39, 0.29) is 30.1 Å². The number of aryl methyl sites for hydroxylation is 1. The van der Waals surface area contributed by atoms with Gasteiger partial charge in [0.1, 0.15) is 30.2 Å². The van der Waals surface area contributed by atoms with E-state index >= 15 is 0 Å². The van der Waals surface area contributed by atoms with Crippen LogP contribution in [0.4, 0.5) is 10.1 Å². The molecule has 2 aliphatic heterocycles. The molecule has 0 bridgehead atoms. The number of rotatable bonds is 9. The predicted molar refractivity (Wildman–Crippen MR) is 143 cm³/mol. The number of benzene rings is 3. The summed E-state index contributed by atoms with van der Waals surface area (Å²) in [6.07, 6.45) is -3.24. The zero-order valence-electron chi connectivity index (χ0n) is 21.5. The fourth-order valence-electron chi connectivity index (χ4n) is 5.70. The van der Waals surface area contributed by atoms with Crippen molar-refractivity contribution in [3.63, 3.8) is 0 Å². The van der Waals surface area contributed by atoms with Crippen LogP contribution in [-0.2, 0) is 22.4 Å². The Morgan fingerprint density at radius 2 is 1.44 bits per heavy atom. The Balaban J connectivity index is 1.30. The number of aliphatic hydroxyl groups is 4. The lowest BCUT2D eigenvalue weighted by Gasteiger charge is -2.48. The van der Waals surface area contributed by atoms with E-state index < -0.39 is 37.1 Å². The third-order valence-electron chi connectivity index (χ3n) is 7.89. The van der Waals surface area contributed by atoms with Gasteiger partial charge in [-0.05, 0) is 60.2 Å². The molecule has 0 spiro atoms. The van der Waals surface area contributed by atoms with Crippen molar-refractivity contribution >= 4 is 11.6 Å². The van der Waals surface area contributed by atoms with Crippen molar-refractivity contribution in [2.24, 2.45) is 5.92 Å². The summed E-state index contributed by atoms with van der Waals surface area (Å²) in [6, 6.07) is 23.7. The van der Waals surface area contributed by atoms with Gasteiger partial charge in [-0.25, -0.2) is 4.39 Å². The molecule has 3 aromatic carbocycles. The first-order valence-corrected chi connectivity index (χ1v) is 13.4. The second-order valence-corrected chi connectivity index (χ2v) is 10.4. The van der Waals surface area contributed by atoms with Gasteiger partial charge in [-0.1, -0.05) is 54.6 Å². The van der Waals surface area contributed by atoms with Gasteiger partial charge in [-0.15, -0.1) is 0 Å². The number of ether oxygens (including phenoxy) is 1. The molecule has 2 aliphatic rings. The van der Waals surface area contributed by atoms with Crippen LogP contribution in [0.1, 0.15) is 35.6 Å². The highest BCUT2D eigenvalue weighted by atomic mass is 19.1. The second kappa shape index (κ2) is 11.9. The van der Waals surface area contributed by atoms with Crippen molar-refractivity contribution in [1.82, 2.24) is 0 Å². The van der Waals surface area contributed by atoms with E-state index in [4.69, 9.17) is 4.74 Å². The molecule has 3 aromatic rings. The highest BCUT2D eigenvalue weighted by Gasteiger charge is 2.48. The predicted octanol–water partition coefficient (Wildman–Crippen LogP) is 2.94. The van der Waals surface area contributed by atoms with Crippen LogP contribution in [0, 0.1) is 11.7 Å². The molecular formula is C31H34FNO6. The lowest BCUT2D eigenvalue weighted by atomic mass is 9.78. The minimum atomic E-state index is -1.41. The number of anilines is 1. The van der Waals surface area contributed by atoms with Crippen LogP contribution in [0.3, 0.4) is 0 Å². The molecule has 2 fully saturated rings. The van der Waals surface area contributed by atoms with Crippen molar-refractivity contribution in [2.45, 2.75) is 62.2 Å². The number of hydrogen-bond acceptors (Lipinski definition) is 6. The minimum absolute atomic E-state index is 0.0794. The smallest absolute Gasteiger partial charge is 0.233 e. The van der Waals surface area contributed by atoms with E-state index in [1.165, 1.54) is 12.1 Å². The Morgan fingerprint density at radius 1 is 0.795 bits per heavy atom. The van der Waals surface area contributed by atoms with Gasteiger partial charge < -0.3 is 30.1 Å². The van der Waals surface area contributed by atoms with Gasteiger partial charge in [0, 0.05) is 12.1 Å². The molecule has 206 valence electrons. The topological polar surface area (TPSA) is 110 Å². The first-order valence-electron chi connectivity index (χ1n) is 13.4. The molecule has 4 N–H and O–H groups in total. The first kappa shape index (κ1) is 27.4. The molecule has 0 radical (unpaired) electrons. The van der Waals surface area contributed by atoms with Crippen molar-refractivity contribution < 1.29 is 34.3 Å². The summed E-state index contributed by atoms with van der Waals surface area (Å²) >= 11 is 0. The quantitative estimate of drug-likeness (QED) is 0.314. The summed E-state index contributed by atoms with van der Waals surface area (Å²) in [7, 11) is 0. The Labute approximate surface area is 227 Å². The summed E-state index contributed by atoms with van der Waals surface area (Å²) in [5.74, 6) is -0.362. The van der Waals surface area contributed by atoms with E-state index in [1.807, 2.05) is 59.5 Å². The van der Waals surface area contributed by atoms with Crippen LogP contribution in [0.2, 0.25) is 0 Å². The Kier molecular flexibility index (Phi) is 8.40. The van der Waals surface area contributed by atoms with Gasteiger partial charge in [0.25, 0.3) is 0 Å². The zero-order valence-corrected chi connectivity index (χ0v) is 21.5. The van der Waals surface area contributed by atoms with Gasteiger partial charge in [-0.3, -0.25) is 4.79 Å². The Bertz CT molecular complexity index is 1240. The van der Waals surface area contributed by atoms with Crippen LogP contribution in [0.5, 0.6) is 0 Å². The molecule has 0 unspecified atom stereocenters. The molecule has 0 saturated carbocycles. The van der Waals surface area contributed by atoms with Gasteiger partial charge in [-0.2, -0.15) is 0 Å². The normalized spacial score (nSPS) is 28.8. The molecule has 7 nitrogen and oxygen atoms in total. The number of aliphatic hydroxyl groups excluding tert-OH is 4. The maximum absolute atomic E-state index is 13.3. The third kappa shape index (κ3) is 5.76. The Hall–Kier alpha value is -3.14. The van der Waals surface area contributed by atoms with Gasteiger partial charge in [0.05, 0.1) is 24.7 Å². The lowest BCUT2D eigenvalue weighted by Crippen LogP contribution is -2.59. The summed E-state index contributed by atoms with van der Waals surface area (Å²) < 4.78 is 18.9. The molecule has 0 aliphatic carbocycles. The number of β-lactam (4-membered cyclic amide) rings is 1. The van der Waals surface area contributed by atoms with Crippen molar-refractivity contribution in [3.05, 3.63) is 101 Å². The highest BCUT2D eigenvalue weighted by Crippen LogP contribution is 2.45. The SMILES string of the molecule is O=C1[C@H](CCCc2ccc(F)cc2)[C@@H](c2ccc(C[C@H]3O[C@H](CO)[C@@H](O)[C@H](O)[C@H]3O)cc2)N1c1ccccc1. The first-order chi connectivity index (χ1) is 18.9. The number of nitrogens with zero attached hydrogens (tertiary/aromatic N) is 1. The van der Waals surface area contributed by atoms with Crippen molar-refractivity contribution in [1.29, 1.82) is 0 Å². The van der Waals surface area contributed by atoms with Crippen LogP contribution in [-0.4, -0.2) is 63.5 Å². The van der Waals surface area contributed by atoms with Gasteiger partial charge in [0.15, 0.2) is 0 Å².